The van der Waals surface area contributed by atoms with Gasteiger partial charge in [0.2, 0.25) is 0 Å². The Kier molecular flexibility index (Phi) is 5.76. The maximum atomic E-state index is 13.1. The van der Waals surface area contributed by atoms with Crippen LogP contribution in [0.25, 0.3) is 0 Å². The average molecular weight is 399 g/mol. The average Bonchev–Trinajstić information content (AvgIpc) is 2.74. The number of rotatable bonds is 6. The number of hydrogen-bond acceptors (Lipinski definition) is 6. The zero-order chi connectivity index (χ0) is 21.1. The van der Waals surface area contributed by atoms with Gasteiger partial charge in [-0.15, -0.1) is 4.99 Å². The molecule has 9 nitrogen and oxygen atoms in total. The summed E-state index contributed by atoms with van der Waals surface area (Å²) in [5, 5.41) is 2.67. The molecular formula is C20H23N4O5+. The van der Waals surface area contributed by atoms with E-state index in [4.69, 9.17) is 9.47 Å². The summed E-state index contributed by atoms with van der Waals surface area (Å²) < 4.78 is 11.9. The molecule has 1 unspecified atom stereocenters. The van der Waals surface area contributed by atoms with Gasteiger partial charge in [0, 0.05) is 17.3 Å². The number of carbonyl (C=O) groups is 3. The molecule has 1 N–H and O–H groups in total. The fourth-order valence-electron chi connectivity index (χ4n) is 3.32. The zero-order valence-corrected chi connectivity index (χ0v) is 16.8. The van der Waals surface area contributed by atoms with Gasteiger partial charge in [0.15, 0.2) is 12.5 Å². The first kappa shape index (κ1) is 20.2. The number of nitrogens with one attached hydrogen (secondary N) is 1. The number of carbonyl (C=O) groups excluding carboxylic acids is 3. The van der Waals surface area contributed by atoms with Gasteiger partial charge in [-0.25, -0.2) is 4.79 Å². The van der Waals surface area contributed by atoms with Gasteiger partial charge >= 0.3 is 11.9 Å². The standard InChI is InChI=1S/C20H22N4O5/c1-5-12-10-21-18-16(17(12)29-4)19(26)24(20(27)23(18)2)11-15(25)22-13-7-6-8-14(9-13)28-3/h6-10,16H,5,11H2,1-4H3/p+1. The van der Waals surface area contributed by atoms with Crippen molar-refractivity contribution in [3.63, 3.8) is 0 Å². The largest absolute Gasteiger partial charge is 0.499 e. The van der Waals surface area contributed by atoms with Crippen LogP contribution in [0.1, 0.15) is 13.3 Å². The van der Waals surface area contributed by atoms with E-state index in [2.05, 4.69) is 10.3 Å². The maximum absolute atomic E-state index is 13.1. The predicted octanol–water partition coefficient (Wildman–Crippen LogP) is 1.65. The lowest BCUT2D eigenvalue weighted by Gasteiger charge is -2.28. The van der Waals surface area contributed by atoms with E-state index < -0.39 is 30.3 Å². The van der Waals surface area contributed by atoms with Crippen molar-refractivity contribution in [3.8, 4) is 5.75 Å². The molecule has 0 saturated carbocycles. The highest BCUT2D eigenvalue weighted by Crippen LogP contribution is 2.28. The lowest BCUT2D eigenvalue weighted by Crippen LogP contribution is -2.56. The third-order valence-electron chi connectivity index (χ3n) is 4.82. The van der Waals surface area contributed by atoms with Crippen molar-refractivity contribution >= 4 is 35.6 Å². The molecule has 1 aromatic carbocycles. The smallest absolute Gasteiger partial charge is 0.446 e. The summed E-state index contributed by atoms with van der Waals surface area (Å²) in [4.78, 5) is 43.5. The summed E-state index contributed by atoms with van der Waals surface area (Å²) in [6, 6.07) is 6.18. The lowest BCUT2D eigenvalue weighted by atomic mass is 9.94. The van der Waals surface area contributed by atoms with Gasteiger partial charge in [-0.1, -0.05) is 13.0 Å². The summed E-state index contributed by atoms with van der Waals surface area (Å²) in [6.45, 7) is 1.50. The van der Waals surface area contributed by atoms with E-state index in [1.165, 1.54) is 25.8 Å². The second kappa shape index (κ2) is 8.26. The Morgan fingerprint density at radius 3 is 2.69 bits per heavy atom. The van der Waals surface area contributed by atoms with Crippen LogP contribution in [0.15, 0.2) is 40.6 Å². The lowest BCUT2D eigenvalue weighted by molar-refractivity contribution is -0.408. The Balaban J connectivity index is 1.85. The minimum absolute atomic E-state index is 0.290. The van der Waals surface area contributed by atoms with Gasteiger partial charge < -0.3 is 14.8 Å². The number of urea groups is 1. The van der Waals surface area contributed by atoms with Crippen molar-refractivity contribution in [1.82, 2.24) is 4.90 Å². The Hall–Kier alpha value is -3.49. The first-order chi connectivity index (χ1) is 13.9. The van der Waals surface area contributed by atoms with Crippen molar-refractivity contribution in [3.05, 3.63) is 35.6 Å². The van der Waals surface area contributed by atoms with Crippen molar-refractivity contribution in [2.24, 2.45) is 10.9 Å². The highest BCUT2D eigenvalue weighted by molar-refractivity contribution is 6.17. The molecule has 4 amide bonds. The zero-order valence-electron chi connectivity index (χ0n) is 16.8. The number of benzene rings is 1. The quantitative estimate of drug-likeness (QED) is 0.733. The predicted molar refractivity (Wildman–Crippen MR) is 106 cm³/mol. The van der Waals surface area contributed by atoms with Gasteiger partial charge in [0.05, 0.1) is 21.3 Å². The minimum atomic E-state index is -0.854. The molecule has 2 aliphatic rings. The van der Waals surface area contributed by atoms with Crippen LogP contribution >= 0.6 is 0 Å². The van der Waals surface area contributed by atoms with Gasteiger partial charge in [0.1, 0.15) is 17.7 Å². The molecule has 3 rings (SSSR count). The number of hydrogen-bond donors (Lipinski definition) is 1. The number of nitrogens with zero attached hydrogens (tertiary/aromatic N) is 3. The van der Waals surface area contributed by atoms with Crippen LogP contribution in [-0.2, 0) is 14.3 Å². The molecule has 0 aliphatic carbocycles. The molecule has 29 heavy (non-hydrogen) atoms. The first-order valence-electron chi connectivity index (χ1n) is 9.12. The van der Waals surface area contributed by atoms with Crippen LogP contribution < -0.4 is 10.1 Å². The summed E-state index contributed by atoms with van der Waals surface area (Å²) in [6.07, 6.45) is 2.23. The number of fused-ring (bicyclic) bond motifs is 1. The fourth-order valence-corrected chi connectivity index (χ4v) is 3.32. The van der Waals surface area contributed by atoms with Gasteiger partial charge in [-0.2, -0.15) is 9.48 Å². The van der Waals surface area contributed by atoms with Gasteiger partial charge in [0.25, 0.3) is 11.7 Å². The number of amides is 4. The van der Waals surface area contributed by atoms with Crippen LogP contribution in [0, 0.1) is 5.92 Å². The molecule has 1 atom stereocenters. The highest BCUT2D eigenvalue weighted by Gasteiger charge is 2.50. The van der Waals surface area contributed by atoms with Crippen molar-refractivity contribution in [2.45, 2.75) is 13.3 Å². The third-order valence-corrected chi connectivity index (χ3v) is 4.82. The molecule has 2 aliphatic heterocycles. The minimum Gasteiger partial charge on any atom is -0.499 e. The molecule has 2 heterocycles. The number of methoxy groups -OCH3 is 2. The van der Waals surface area contributed by atoms with E-state index in [9.17, 15) is 14.4 Å². The van der Waals surface area contributed by atoms with Crippen molar-refractivity contribution in [2.75, 3.05) is 33.1 Å². The first-order valence-corrected chi connectivity index (χ1v) is 9.12. The summed E-state index contributed by atoms with van der Waals surface area (Å²) in [5.74, 6) is -0.585. The molecule has 152 valence electrons. The van der Waals surface area contributed by atoms with Crippen LogP contribution in [0.4, 0.5) is 10.5 Å². The maximum Gasteiger partial charge on any atom is 0.446 e. The molecule has 0 spiro atoms. The van der Waals surface area contributed by atoms with Crippen molar-refractivity contribution in [1.29, 1.82) is 0 Å². The number of anilines is 1. The van der Waals surface area contributed by atoms with E-state index in [0.29, 0.717) is 29.5 Å². The Bertz CT molecular complexity index is 963. The topological polar surface area (TPSA) is 100 Å². The van der Waals surface area contributed by atoms with E-state index in [1.54, 1.807) is 30.5 Å². The molecule has 1 aromatic rings. The van der Waals surface area contributed by atoms with E-state index in [1.807, 2.05) is 6.92 Å². The van der Waals surface area contributed by atoms with Crippen LogP contribution in [0.5, 0.6) is 5.75 Å². The molecule has 0 aromatic heterocycles. The number of dihydropyridines is 1. The molecule has 0 saturated heterocycles. The summed E-state index contributed by atoms with van der Waals surface area (Å²) in [7, 11) is 4.52. The summed E-state index contributed by atoms with van der Waals surface area (Å²) >= 11 is 0. The normalized spacial score (nSPS) is 18.8. The molecule has 0 bridgehead atoms. The third kappa shape index (κ3) is 3.75. The number of imide groups is 1. The van der Waals surface area contributed by atoms with Crippen molar-refractivity contribution < 1.29 is 28.4 Å². The molecular weight excluding hydrogens is 376 g/mol. The Labute approximate surface area is 168 Å². The number of ether oxygens (including phenoxy) is 2. The second-order valence-electron chi connectivity index (χ2n) is 6.54. The Morgan fingerprint density at radius 2 is 2.03 bits per heavy atom. The van der Waals surface area contributed by atoms with Crippen LogP contribution in [0.2, 0.25) is 0 Å². The molecule has 0 radical (unpaired) electrons. The number of aliphatic imine (C=N–C) groups is 1. The Morgan fingerprint density at radius 1 is 1.28 bits per heavy atom. The monoisotopic (exact) mass is 399 g/mol. The van der Waals surface area contributed by atoms with Crippen LogP contribution in [0.3, 0.4) is 0 Å². The molecule has 9 heteroatoms. The summed E-state index contributed by atoms with van der Waals surface area (Å²) in [5.41, 5.74) is 1.28. The highest BCUT2D eigenvalue weighted by atomic mass is 16.5. The number of amidine groups is 1. The van der Waals surface area contributed by atoms with Gasteiger partial charge in [-0.3, -0.25) is 9.59 Å². The van der Waals surface area contributed by atoms with E-state index in [0.717, 1.165) is 10.5 Å². The van der Waals surface area contributed by atoms with E-state index in [-0.39, 0.29) is 0 Å². The van der Waals surface area contributed by atoms with Crippen LogP contribution in [-0.4, -0.2) is 67.2 Å². The molecule has 0 fully saturated rings. The van der Waals surface area contributed by atoms with Gasteiger partial charge in [-0.05, 0) is 18.6 Å². The fraction of sp³-hybridized carbons (Fsp3) is 0.350. The number of allylic oxidation sites excluding steroid dienone is 1. The van der Waals surface area contributed by atoms with E-state index >= 15 is 0 Å². The second-order valence-corrected chi connectivity index (χ2v) is 6.54. The SMILES string of the molecule is CCC1=C(OC)C2C(=O)N(CC(=O)Nc3cccc(OC)c3)C(=O)[N+](C)=C2N=C1.